The Hall–Kier alpha value is -1.88. The summed E-state index contributed by atoms with van der Waals surface area (Å²) in [5.74, 6) is 0.0526. The van der Waals surface area contributed by atoms with E-state index in [-0.39, 0.29) is 0 Å². The largest absolute Gasteiger partial charge is 0.364 e. The third-order valence-corrected chi connectivity index (χ3v) is 3.59. The Morgan fingerprint density at radius 1 is 1.44 bits per heavy atom. The highest BCUT2D eigenvalue weighted by molar-refractivity contribution is 6.03. The fourth-order valence-corrected chi connectivity index (χ4v) is 2.62. The van der Waals surface area contributed by atoms with E-state index in [1.807, 2.05) is 6.07 Å². The smallest absolute Gasteiger partial charge is 0.269 e. The third-order valence-electron chi connectivity index (χ3n) is 3.59. The highest BCUT2D eigenvalue weighted by Gasteiger charge is 2.17. The second-order valence-corrected chi connectivity index (χ2v) is 4.78. The molecule has 1 unspecified atom stereocenters. The Morgan fingerprint density at radius 2 is 2.33 bits per heavy atom. The van der Waals surface area contributed by atoms with Gasteiger partial charge < -0.3 is 11.1 Å². The number of rotatable bonds is 2. The first kappa shape index (κ1) is 11.2. The second-order valence-electron chi connectivity index (χ2n) is 4.78. The number of primary amides is 1. The third kappa shape index (κ3) is 1.86. The van der Waals surface area contributed by atoms with Crippen molar-refractivity contribution in [1.29, 1.82) is 0 Å². The number of hydrogen-bond donors (Lipinski definition) is 3. The standard InChI is InChI=1S/C13H16N4O/c14-13(18)12-10-4-3-8(6-11(10)16-17-12)9-2-1-5-15-7-9/h3-4,6,9,15H,1-2,5,7H2,(H2,14,18)(H,16,17). The molecule has 0 spiro atoms. The average molecular weight is 244 g/mol. The molecule has 5 nitrogen and oxygen atoms in total. The van der Waals surface area contributed by atoms with Crippen molar-refractivity contribution in [1.82, 2.24) is 15.5 Å². The zero-order chi connectivity index (χ0) is 12.5. The van der Waals surface area contributed by atoms with E-state index in [2.05, 4.69) is 27.6 Å². The Balaban J connectivity index is 1.98. The number of nitrogens with zero attached hydrogens (tertiary/aromatic N) is 1. The molecule has 2 heterocycles. The molecular formula is C13H16N4O. The lowest BCUT2D eigenvalue weighted by Crippen LogP contribution is -2.28. The van der Waals surface area contributed by atoms with Gasteiger partial charge in [0.2, 0.25) is 0 Å². The van der Waals surface area contributed by atoms with Crippen LogP contribution in [-0.2, 0) is 0 Å². The number of carbonyl (C=O) groups is 1. The number of fused-ring (bicyclic) bond motifs is 1. The monoisotopic (exact) mass is 244 g/mol. The predicted molar refractivity (Wildman–Crippen MR) is 69.5 cm³/mol. The molecule has 5 heteroatoms. The van der Waals surface area contributed by atoms with Crippen molar-refractivity contribution in [2.45, 2.75) is 18.8 Å². The van der Waals surface area contributed by atoms with Crippen LogP contribution in [-0.4, -0.2) is 29.2 Å². The molecule has 1 aromatic carbocycles. The molecule has 1 aromatic heterocycles. The summed E-state index contributed by atoms with van der Waals surface area (Å²) in [5.41, 5.74) is 7.76. The molecule has 18 heavy (non-hydrogen) atoms. The fourth-order valence-electron chi connectivity index (χ4n) is 2.62. The summed E-state index contributed by atoms with van der Waals surface area (Å²) >= 11 is 0. The summed E-state index contributed by atoms with van der Waals surface area (Å²) in [7, 11) is 0. The van der Waals surface area contributed by atoms with Crippen LogP contribution < -0.4 is 11.1 Å². The molecular weight excluding hydrogens is 228 g/mol. The minimum absolute atomic E-state index is 0.318. The van der Waals surface area contributed by atoms with Crippen LogP contribution in [0.2, 0.25) is 0 Å². The molecule has 0 bridgehead atoms. The summed E-state index contributed by atoms with van der Waals surface area (Å²) in [4.78, 5) is 11.2. The minimum atomic E-state index is -0.492. The van der Waals surface area contributed by atoms with E-state index in [9.17, 15) is 4.79 Å². The number of H-pyrrole nitrogens is 1. The van der Waals surface area contributed by atoms with Gasteiger partial charge in [0, 0.05) is 11.9 Å². The van der Waals surface area contributed by atoms with Gasteiger partial charge >= 0.3 is 0 Å². The van der Waals surface area contributed by atoms with Gasteiger partial charge in [0.05, 0.1) is 5.52 Å². The van der Waals surface area contributed by atoms with Crippen LogP contribution in [0.4, 0.5) is 0 Å². The summed E-state index contributed by atoms with van der Waals surface area (Å²) in [6, 6.07) is 6.08. The SMILES string of the molecule is NC(=O)c1n[nH]c2cc(C3CCCNC3)ccc12. The van der Waals surface area contributed by atoms with Gasteiger partial charge in [0.25, 0.3) is 5.91 Å². The maximum Gasteiger partial charge on any atom is 0.269 e. The molecule has 1 amide bonds. The molecule has 1 saturated heterocycles. The van der Waals surface area contributed by atoms with Crippen molar-refractivity contribution in [2.24, 2.45) is 5.73 Å². The lowest BCUT2D eigenvalue weighted by Gasteiger charge is -2.23. The minimum Gasteiger partial charge on any atom is -0.364 e. The molecule has 4 N–H and O–H groups in total. The zero-order valence-corrected chi connectivity index (χ0v) is 10.1. The van der Waals surface area contributed by atoms with Crippen molar-refractivity contribution in [3.63, 3.8) is 0 Å². The highest BCUT2D eigenvalue weighted by Crippen LogP contribution is 2.26. The maximum atomic E-state index is 11.2. The molecule has 3 rings (SSSR count). The van der Waals surface area contributed by atoms with Gasteiger partial charge in [-0.2, -0.15) is 5.10 Å². The van der Waals surface area contributed by atoms with Crippen LogP contribution in [0.15, 0.2) is 18.2 Å². The summed E-state index contributed by atoms with van der Waals surface area (Å²) in [6.45, 7) is 2.12. The number of piperidine rings is 1. The van der Waals surface area contributed by atoms with Gasteiger partial charge in [0.15, 0.2) is 5.69 Å². The van der Waals surface area contributed by atoms with Gasteiger partial charge in [-0.15, -0.1) is 0 Å². The van der Waals surface area contributed by atoms with Gasteiger partial charge in [-0.25, -0.2) is 0 Å². The number of amides is 1. The van der Waals surface area contributed by atoms with Crippen LogP contribution in [0.5, 0.6) is 0 Å². The summed E-state index contributed by atoms with van der Waals surface area (Å²) in [6.07, 6.45) is 2.41. The zero-order valence-electron chi connectivity index (χ0n) is 10.1. The van der Waals surface area contributed by atoms with Crippen LogP contribution in [0.25, 0.3) is 10.9 Å². The molecule has 1 atom stereocenters. The number of nitrogens with two attached hydrogens (primary N) is 1. The Bertz CT molecular complexity index is 584. The van der Waals surface area contributed by atoms with E-state index in [0.717, 1.165) is 24.0 Å². The van der Waals surface area contributed by atoms with E-state index in [0.29, 0.717) is 11.6 Å². The van der Waals surface area contributed by atoms with E-state index in [4.69, 9.17) is 5.73 Å². The fraction of sp³-hybridized carbons (Fsp3) is 0.385. The summed E-state index contributed by atoms with van der Waals surface area (Å²) in [5, 5.41) is 11.0. The van der Waals surface area contributed by atoms with Gasteiger partial charge in [-0.3, -0.25) is 9.89 Å². The molecule has 0 aliphatic carbocycles. The lowest BCUT2D eigenvalue weighted by molar-refractivity contribution is 0.0997. The molecule has 1 fully saturated rings. The quantitative estimate of drug-likeness (QED) is 0.740. The van der Waals surface area contributed by atoms with Gasteiger partial charge in [-0.1, -0.05) is 12.1 Å². The number of carbonyl (C=O) groups excluding carboxylic acids is 1. The normalized spacial score (nSPS) is 20.1. The summed E-state index contributed by atoms with van der Waals surface area (Å²) < 4.78 is 0. The first-order valence-electron chi connectivity index (χ1n) is 6.24. The van der Waals surface area contributed by atoms with Crippen LogP contribution in [0.1, 0.15) is 34.8 Å². The molecule has 0 saturated carbocycles. The van der Waals surface area contributed by atoms with Crippen molar-refractivity contribution < 1.29 is 4.79 Å². The second kappa shape index (κ2) is 4.42. The van der Waals surface area contributed by atoms with Gasteiger partial charge in [-0.05, 0) is 36.9 Å². The number of hydrogen-bond acceptors (Lipinski definition) is 3. The van der Waals surface area contributed by atoms with E-state index < -0.39 is 5.91 Å². The van der Waals surface area contributed by atoms with Crippen LogP contribution in [0, 0.1) is 0 Å². The number of nitrogens with one attached hydrogen (secondary N) is 2. The molecule has 0 radical (unpaired) electrons. The van der Waals surface area contributed by atoms with Crippen molar-refractivity contribution in [2.75, 3.05) is 13.1 Å². The Kier molecular flexibility index (Phi) is 2.76. The first-order valence-corrected chi connectivity index (χ1v) is 6.24. The van der Waals surface area contributed by atoms with Crippen molar-refractivity contribution >= 4 is 16.8 Å². The van der Waals surface area contributed by atoms with E-state index in [1.165, 1.54) is 18.4 Å². The highest BCUT2D eigenvalue weighted by atomic mass is 16.1. The number of aromatic nitrogens is 2. The van der Waals surface area contributed by atoms with Crippen LogP contribution >= 0.6 is 0 Å². The van der Waals surface area contributed by atoms with E-state index >= 15 is 0 Å². The van der Waals surface area contributed by atoms with E-state index in [1.54, 1.807) is 0 Å². The van der Waals surface area contributed by atoms with Crippen LogP contribution in [0.3, 0.4) is 0 Å². The Labute approximate surface area is 105 Å². The molecule has 1 aliphatic rings. The topological polar surface area (TPSA) is 83.8 Å². The van der Waals surface area contributed by atoms with Crippen molar-refractivity contribution in [3.05, 3.63) is 29.5 Å². The van der Waals surface area contributed by atoms with Gasteiger partial charge in [0.1, 0.15) is 0 Å². The Morgan fingerprint density at radius 3 is 3.06 bits per heavy atom. The number of aromatic amines is 1. The maximum absolute atomic E-state index is 11.2. The molecule has 2 aromatic rings. The molecule has 94 valence electrons. The number of benzene rings is 1. The first-order chi connectivity index (χ1) is 8.75. The lowest BCUT2D eigenvalue weighted by atomic mass is 9.91. The predicted octanol–water partition coefficient (Wildman–Crippen LogP) is 1.13. The average Bonchev–Trinajstić information content (AvgIpc) is 2.82. The van der Waals surface area contributed by atoms with Crippen molar-refractivity contribution in [3.8, 4) is 0 Å². The molecule has 1 aliphatic heterocycles.